The molecule has 0 saturated carbocycles. The van der Waals surface area contributed by atoms with Crippen LogP contribution in [0.1, 0.15) is 23.6 Å². The van der Waals surface area contributed by atoms with E-state index in [-0.39, 0.29) is 12.2 Å². The fourth-order valence-corrected chi connectivity index (χ4v) is 2.03. The van der Waals surface area contributed by atoms with Crippen LogP contribution in [0.25, 0.3) is 6.08 Å². The monoisotopic (exact) mass is 332 g/mol. The Morgan fingerprint density at radius 1 is 1.08 bits per heavy atom. The Morgan fingerprint density at radius 3 is 2.32 bits per heavy atom. The van der Waals surface area contributed by atoms with Gasteiger partial charge in [0.25, 0.3) is 0 Å². The molecule has 2 rings (SSSR count). The van der Waals surface area contributed by atoms with Gasteiger partial charge in [-0.3, -0.25) is 0 Å². The molecule has 0 amide bonds. The number of nitrogens with zero attached hydrogens (tertiary/aromatic N) is 2. The first-order valence-corrected chi connectivity index (χ1v) is 7.67. The van der Waals surface area contributed by atoms with E-state index in [4.69, 9.17) is 14.7 Å². The van der Waals surface area contributed by atoms with E-state index in [1.807, 2.05) is 19.1 Å². The topological polar surface area (TPSA) is 83.1 Å². The highest BCUT2D eigenvalue weighted by molar-refractivity contribution is 5.97. The zero-order chi connectivity index (χ0) is 18.1. The van der Waals surface area contributed by atoms with Crippen molar-refractivity contribution in [2.75, 3.05) is 6.61 Å². The average molecular weight is 332 g/mol. The molecule has 124 valence electrons. The van der Waals surface area contributed by atoms with Crippen LogP contribution in [0.4, 0.5) is 0 Å². The lowest BCUT2D eigenvalue weighted by Gasteiger charge is -2.05. The second-order valence-electron chi connectivity index (χ2n) is 5.06. The molecular weight excluding hydrogens is 316 g/mol. The first kappa shape index (κ1) is 17.8. The molecule has 5 heteroatoms. The van der Waals surface area contributed by atoms with Crippen molar-refractivity contribution in [2.24, 2.45) is 0 Å². The van der Waals surface area contributed by atoms with Gasteiger partial charge in [-0.25, -0.2) is 4.79 Å². The number of ether oxygens (including phenoxy) is 2. The van der Waals surface area contributed by atoms with Gasteiger partial charge in [0.2, 0.25) is 0 Å². The van der Waals surface area contributed by atoms with E-state index in [1.165, 1.54) is 6.08 Å². The minimum Gasteiger partial charge on any atom is -0.494 e. The largest absolute Gasteiger partial charge is 0.494 e. The Balaban J connectivity index is 2.02. The molecule has 2 aromatic carbocycles. The number of hydrogen-bond donors (Lipinski definition) is 0. The van der Waals surface area contributed by atoms with Crippen LogP contribution in [0.3, 0.4) is 0 Å². The molecule has 5 nitrogen and oxygen atoms in total. The summed E-state index contributed by atoms with van der Waals surface area (Å²) in [5.74, 6) is 0.0299. The smallest absolute Gasteiger partial charge is 0.349 e. The predicted octanol–water partition coefficient (Wildman–Crippen LogP) is 3.61. The van der Waals surface area contributed by atoms with Crippen LogP contribution in [0, 0.1) is 22.7 Å². The van der Waals surface area contributed by atoms with Crippen molar-refractivity contribution < 1.29 is 14.3 Å². The van der Waals surface area contributed by atoms with Gasteiger partial charge in [-0.1, -0.05) is 24.3 Å². The molecule has 0 N–H and O–H groups in total. The Bertz CT molecular complexity index is 838. The molecule has 0 heterocycles. The standard InChI is InChI=1S/C20H16N2O3/c1-2-24-19-9-7-15(8-10-19)11-18(13-22)20(23)25-14-17-5-3-16(12-21)4-6-17/h3-11H,2,14H2,1H3/b18-11+. The van der Waals surface area contributed by atoms with Crippen molar-refractivity contribution in [3.63, 3.8) is 0 Å². The normalized spacial score (nSPS) is 10.4. The molecule has 0 aliphatic carbocycles. The number of carbonyl (C=O) groups is 1. The van der Waals surface area contributed by atoms with Gasteiger partial charge in [0.15, 0.2) is 0 Å². The molecule has 0 fully saturated rings. The number of esters is 1. The van der Waals surface area contributed by atoms with Gasteiger partial charge in [-0.2, -0.15) is 10.5 Å². The zero-order valence-corrected chi connectivity index (χ0v) is 13.7. The lowest BCUT2D eigenvalue weighted by atomic mass is 10.1. The maximum atomic E-state index is 12.1. The van der Waals surface area contributed by atoms with Crippen LogP contribution < -0.4 is 4.74 Å². The fourth-order valence-electron chi connectivity index (χ4n) is 2.03. The van der Waals surface area contributed by atoms with Crippen molar-refractivity contribution in [2.45, 2.75) is 13.5 Å². The van der Waals surface area contributed by atoms with Gasteiger partial charge in [0, 0.05) is 0 Å². The van der Waals surface area contributed by atoms with Crippen molar-refractivity contribution in [3.05, 3.63) is 70.8 Å². The molecule has 0 aliphatic heterocycles. The minimum atomic E-state index is -0.694. The second kappa shape index (κ2) is 8.90. The summed E-state index contributed by atoms with van der Waals surface area (Å²) in [6.07, 6.45) is 1.47. The van der Waals surface area contributed by atoms with E-state index >= 15 is 0 Å². The Morgan fingerprint density at radius 2 is 1.76 bits per heavy atom. The van der Waals surface area contributed by atoms with Crippen LogP contribution in [0.15, 0.2) is 54.1 Å². The molecule has 0 bridgehead atoms. The van der Waals surface area contributed by atoms with Crippen LogP contribution in [0.2, 0.25) is 0 Å². The number of rotatable bonds is 6. The van der Waals surface area contributed by atoms with E-state index in [0.717, 1.165) is 11.3 Å². The molecule has 0 atom stereocenters. The van der Waals surface area contributed by atoms with E-state index in [2.05, 4.69) is 0 Å². The Hall–Kier alpha value is -3.57. The predicted molar refractivity (Wildman–Crippen MR) is 92.2 cm³/mol. The van der Waals surface area contributed by atoms with E-state index < -0.39 is 5.97 Å². The minimum absolute atomic E-state index is 0.0346. The van der Waals surface area contributed by atoms with E-state index in [0.29, 0.717) is 17.7 Å². The highest BCUT2D eigenvalue weighted by atomic mass is 16.5. The second-order valence-corrected chi connectivity index (χ2v) is 5.06. The van der Waals surface area contributed by atoms with Crippen LogP contribution in [0.5, 0.6) is 5.75 Å². The van der Waals surface area contributed by atoms with Crippen molar-refractivity contribution in [1.82, 2.24) is 0 Å². The summed E-state index contributed by atoms with van der Waals surface area (Å²) in [4.78, 5) is 12.1. The maximum Gasteiger partial charge on any atom is 0.349 e. The molecule has 0 aliphatic rings. The summed E-state index contributed by atoms with van der Waals surface area (Å²) in [7, 11) is 0. The van der Waals surface area contributed by atoms with Crippen LogP contribution in [-0.2, 0) is 16.1 Å². The third-order valence-electron chi connectivity index (χ3n) is 3.30. The van der Waals surface area contributed by atoms with Crippen molar-refractivity contribution in [3.8, 4) is 17.9 Å². The van der Waals surface area contributed by atoms with Crippen LogP contribution >= 0.6 is 0 Å². The molecule has 0 saturated heterocycles. The average Bonchev–Trinajstić information content (AvgIpc) is 2.66. The number of hydrogen-bond acceptors (Lipinski definition) is 5. The summed E-state index contributed by atoms with van der Waals surface area (Å²) in [5.41, 5.74) is 1.89. The van der Waals surface area contributed by atoms with Crippen LogP contribution in [-0.4, -0.2) is 12.6 Å². The van der Waals surface area contributed by atoms with Gasteiger partial charge >= 0.3 is 5.97 Å². The fraction of sp³-hybridized carbons (Fsp3) is 0.150. The summed E-state index contributed by atoms with van der Waals surface area (Å²) in [6.45, 7) is 2.50. The number of benzene rings is 2. The SMILES string of the molecule is CCOc1ccc(/C=C(\C#N)C(=O)OCc2ccc(C#N)cc2)cc1. The lowest BCUT2D eigenvalue weighted by Crippen LogP contribution is -2.06. The van der Waals surface area contributed by atoms with Gasteiger partial charge in [0.1, 0.15) is 24.0 Å². The summed E-state index contributed by atoms with van der Waals surface area (Å²) in [6, 6.07) is 17.6. The quantitative estimate of drug-likeness (QED) is 0.458. The highest BCUT2D eigenvalue weighted by Crippen LogP contribution is 2.15. The first-order chi connectivity index (χ1) is 12.2. The van der Waals surface area contributed by atoms with Gasteiger partial charge in [-0.15, -0.1) is 0 Å². The summed E-state index contributed by atoms with van der Waals surface area (Å²) in [5, 5.41) is 17.9. The third kappa shape index (κ3) is 5.23. The number of carbonyl (C=O) groups excluding carboxylic acids is 1. The summed E-state index contributed by atoms with van der Waals surface area (Å²) >= 11 is 0. The lowest BCUT2D eigenvalue weighted by molar-refractivity contribution is -0.139. The van der Waals surface area contributed by atoms with Crippen molar-refractivity contribution in [1.29, 1.82) is 10.5 Å². The molecule has 2 aromatic rings. The Labute approximate surface area is 146 Å². The van der Waals surface area contributed by atoms with Gasteiger partial charge in [0.05, 0.1) is 18.2 Å². The third-order valence-corrected chi connectivity index (χ3v) is 3.30. The maximum absolute atomic E-state index is 12.1. The molecular formula is C20H16N2O3. The van der Waals surface area contributed by atoms with Crippen molar-refractivity contribution >= 4 is 12.0 Å². The zero-order valence-electron chi connectivity index (χ0n) is 13.7. The molecule has 0 unspecified atom stereocenters. The van der Waals surface area contributed by atoms with E-state index in [1.54, 1.807) is 48.5 Å². The summed E-state index contributed by atoms with van der Waals surface area (Å²) < 4.78 is 10.5. The Kier molecular flexibility index (Phi) is 6.33. The van der Waals surface area contributed by atoms with E-state index in [9.17, 15) is 10.1 Å². The molecule has 0 spiro atoms. The first-order valence-electron chi connectivity index (χ1n) is 7.67. The molecule has 25 heavy (non-hydrogen) atoms. The van der Waals surface area contributed by atoms with Gasteiger partial charge < -0.3 is 9.47 Å². The van der Waals surface area contributed by atoms with Gasteiger partial charge in [-0.05, 0) is 48.4 Å². The molecule has 0 aromatic heterocycles. The molecule has 0 radical (unpaired) electrons. The number of nitriles is 2. The highest BCUT2D eigenvalue weighted by Gasteiger charge is 2.11.